The van der Waals surface area contributed by atoms with Gasteiger partial charge in [-0.3, -0.25) is 4.84 Å². The third-order valence-corrected chi connectivity index (χ3v) is 3.52. The maximum Gasteiger partial charge on any atom is 0.0933 e. The summed E-state index contributed by atoms with van der Waals surface area (Å²) in [5.74, 6) is 0. The molecule has 2 rings (SSSR count). The number of benzene rings is 2. The third kappa shape index (κ3) is 4.46. The Balaban J connectivity index is 1.87. The first kappa shape index (κ1) is 14.3. The van der Waals surface area contributed by atoms with Crippen molar-refractivity contribution in [3.63, 3.8) is 0 Å². The second-order valence-corrected chi connectivity index (χ2v) is 5.32. The number of halogens is 1. The molecular formula is C16H18BrNO. The predicted molar refractivity (Wildman–Crippen MR) is 81.5 cm³/mol. The molecule has 0 fully saturated rings. The van der Waals surface area contributed by atoms with E-state index in [-0.39, 0.29) is 6.04 Å². The standard InChI is InChI=1S/C16H18BrNO/c1-2-16(14-8-10-15(17)11-9-14)18-19-12-13-6-4-3-5-7-13/h3-11,16,18H,2,12H2,1H3. The van der Waals surface area contributed by atoms with E-state index in [9.17, 15) is 0 Å². The molecule has 0 aliphatic rings. The minimum absolute atomic E-state index is 0.219. The second-order valence-electron chi connectivity index (χ2n) is 4.40. The minimum atomic E-state index is 0.219. The molecule has 0 aromatic heterocycles. The summed E-state index contributed by atoms with van der Waals surface area (Å²) in [4.78, 5) is 5.60. The number of hydroxylamine groups is 1. The summed E-state index contributed by atoms with van der Waals surface area (Å²) in [5.41, 5.74) is 5.54. The van der Waals surface area contributed by atoms with Crippen LogP contribution in [0.1, 0.15) is 30.5 Å². The molecule has 2 aromatic rings. The van der Waals surface area contributed by atoms with Crippen LogP contribution in [0.15, 0.2) is 59.1 Å². The van der Waals surface area contributed by atoms with Crippen molar-refractivity contribution in [2.45, 2.75) is 26.0 Å². The molecule has 0 heterocycles. The highest BCUT2D eigenvalue weighted by molar-refractivity contribution is 9.10. The monoisotopic (exact) mass is 319 g/mol. The molecule has 0 spiro atoms. The zero-order valence-electron chi connectivity index (χ0n) is 11.0. The van der Waals surface area contributed by atoms with E-state index in [4.69, 9.17) is 4.84 Å². The van der Waals surface area contributed by atoms with Gasteiger partial charge >= 0.3 is 0 Å². The molecule has 3 heteroatoms. The lowest BCUT2D eigenvalue weighted by Crippen LogP contribution is -2.21. The molecule has 1 unspecified atom stereocenters. The summed E-state index contributed by atoms with van der Waals surface area (Å²) in [6.07, 6.45) is 0.983. The largest absolute Gasteiger partial charge is 0.296 e. The van der Waals surface area contributed by atoms with Gasteiger partial charge in [0.25, 0.3) is 0 Å². The van der Waals surface area contributed by atoms with E-state index in [2.05, 4.69) is 64.7 Å². The summed E-state index contributed by atoms with van der Waals surface area (Å²) >= 11 is 3.45. The Morgan fingerprint density at radius 1 is 1.05 bits per heavy atom. The van der Waals surface area contributed by atoms with E-state index >= 15 is 0 Å². The van der Waals surface area contributed by atoms with E-state index in [0.29, 0.717) is 6.61 Å². The van der Waals surface area contributed by atoms with Crippen LogP contribution >= 0.6 is 15.9 Å². The first-order valence-electron chi connectivity index (χ1n) is 6.46. The van der Waals surface area contributed by atoms with Gasteiger partial charge in [-0.15, -0.1) is 0 Å². The molecule has 0 aliphatic heterocycles. The van der Waals surface area contributed by atoms with Crippen LogP contribution in [0.25, 0.3) is 0 Å². The third-order valence-electron chi connectivity index (χ3n) is 2.99. The molecule has 0 amide bonds. The molecule has 0 saturated carbocycles. The van der Waals surface area contributed by atoms with Crippen LogP contribution in [0.5, 0.6) is 0 Å². The molecule has 0 bridgehead atoms. The highest BCUT2D eigenvalue weighted by Gasteiger charge is 2.08. The molecule has 2 nitrogen and oxygen atoms in total. The van der Waals surface area contributed by atoms with E-state index in [1.54, 1.807) is 0 Å². The van der Waals surface area contributed by atoms with Crippen LogP contribution in [-0.2, 0) is 11.4 Å². The molecule has 1 N–H and O–H groups in total. The summed E-state index contributed by atoms with van der Waals surface area (Å²) < 4.78 is 1.09. The molecule has 100 valence electrons. The maximum absolute atomic E-state index is 5.60. The Morgan fingerprint density at radius 3 is 2.37 bits per heavy atom. The lowest BCUT2D eigenvalue weighted by atomic mass is 10.1. The Hall–Kier alpha value is -1.16. The van der Waals surface area contributed by atoms with Crippen molar-refractivity contribution in [3.05, 3.63) is 70.2 Å². The quantitative estimate of drug-likeness (QED) is 0.784. The van der Waals surface area contributed by atoms with Gasteiger partial charge in [0.05, 0.1) is 12.6 Å². The Kier molecular flexibility index (Phi) is 5.58. The van der Waals surface area contributed by atoms with Gasteiger partial charge in [-0.25, -0.2) is 0 Å². The van der Waals surface area contributed by atoms with Crippen molar-refractivity contribution < 1.29 is 4.84 Å². The number of rotatable bonds is 6. The van der Waals surface area contributed by atoms with Gasteiger partial charge < -0.3 is 0 Å². The van der Waals surface area contributed by atoms with E-state index in [1.165, 1.54) is 11.1 Å². The highest BCUT2D eigenvalue weighted by atomic mass is 79.9. The van der Waals surface area contributed by atoms with E-state index < -0.39 is 0 Å². The van der Waals surface area contributed by atoms with Gasteiger partial charge in [0.2, 0.25) is 0 Å². The molecular weight excluding hydrogens is 302 g/mol. The fourth-order valence-electron chi connectivity index (χ4n) is 1.88. The maximum atomic E-state index is 5.60. The summed E-state index contributed by atoms with van der Waals surface area (Å²) in [7, 11) is 0. The normalized spacial score (nSPS) is 12.3. The topological polar surface area (TPSA) is 21.3 Å². The first-order chi connectivity index (χ1) is 9.29. The molecule has 2 aromatic carbocycles. The van der Waals surface area contributed by atoms with Crippen molar-refractivity contribution in [2.75, 3.05) is 0 Å². The summed E-state index contributed by atoms with van der Waals surface area (Å²) in [6, 6.07) is 18.7. The average Bonchev–Trinajstić information content (AvgIpc) is 2.46. The highest BCUT2D eigenvalue weighted by Crippen LogP contribution is 2.19. The van der Waals surface area contributed by atoms with Gasteiger partial charge in [0.1, 0.15) is 0 Å². The Labute approximate surface area is 122 Å². The van der Waals surface area contributed by atoms with Gasteiger partial charge in [-0.2, -0.15) is 5.48 Å². The minimum Gasteiger partial charge on any atom is -0.296 e. The zero-order chi connectivity index (χ0) is 13.5. The second kappa shape index (κ2) is 7.43. The summed E-state index contributed by atoms with van der Waals surface area (Å²) in [5, 5.41) is 0. The summed E-state index contributed by atoms with van der Waals surface area (Å²) in [6.45, 7) is 2.72. The lowest BCUT2D eigenvalue weighted by molar-refractivity contribution is 0.00203. The number of nitrogens with one attached hydrogen (secondary N) is 1. The van der Waals surface area contributed by atoms with Crippen molar-refractivity contribution in [3.8, 4) is 0 Å². The van der Waals surface area contributed by atoms with Gasteiger partial charge in [0.15, 0.2) is 0 Å². The Bertz CT molecular complexity index is 484. The molecule has 0 saturated heterocycles. The predicted octanol–water partition coefficient (Wildman–Crippen LogP) is 4.62. The van der Waals surface area contributed by atoms with Crippen molar-refractivity contribution in [1.29, 1.82) is 0 Å². The van der Waals surface area contributed by atoms with Gasteiger partial charge in [-0.05, 0) is 29.7 Å². The SMILES string of the molecule is CCC(NOCc1ccccc1)c1ccc(Br)cc1. The molecule has 1 atom stereocenters. The zero-order valence-corrected chi connectivity index (χ0v) is 12.6. The number of hydrogen-bond donors (Lipinski definition) is 1. The molecule has 0 radical (unpaired) electrons. The first-order valence-corrected chi connectivity index (χ1v) is 7.25. The molecule has 0 aliphatic carbocycles. The smallest absolute Gasteiger partial charge is 0.0933 e. The van der Waals surface area contributed by atoms with E-state index in [1.807, 2.05) is 18.2 Å². The van der Waals surface area contributed by atoms with Gasteiger partial charge in [0, 0.05) is 4.47 Å². The van der Waals surface area contributed by atoms with Crippen molar-refractivity contribution >= 4 is 15.9 Å². The average molecular weight is 320 g/mol. The number of hydrogen-bond acceptors (Lipinski definition) is 2. The van der Waals surface area contributed by atoms with Crippen LogP contribution in [0.3, 0.4) is 0 Å². The van der Waals surface area contributed by atoms with Crippen LogP contribution in [-0.4, -0.2) is 0 Å². The van der Waals surface area contributed by atoms with Crippen molar-refractivity contribution in [2.24, 2.45) is 0 Å². The fourth-order valence-corrected chi connectivity index (χ4v) is 2.15. The van der Waals surface area contributed by atoms with Crippen LogP contribution in [0.2, 0.25) is 0 Å². The van der Waals surface area contributed by atoms with Crippen LogP contribution in [0, 0.1) is 0 Å². The Morgan fingerprint density at radius 2 is 1.74 bits per heavy atom. The lowest BCUT2D eigenvalue weighted by Gasteiger charge is -2.17. The van der Waals surface area contributed by atoms with Crippen LogP contribution in [0.4, 0.5) is 0 Å². The molecule has 19 heavy (non-hydrogen) atoms. The fraction of sp³-hybridized carbons (Fsp3) is 0.250. The van der Waals surface area contributed by atoms with Crippen molar-refractivity contribution in [1.82, 2.24) is 5.48 Å². The van der Waals surface area contributed by atoms with E-state index in [0.717, 1.165) is 10.9 Å². The van der Waals surface area contributed by atoms with Crippen LogP contribution < -0.4 is 5.48 Å². The van der Waals surface area contributed by atoms with Gasteiger partial charge in [-0.1, -0.05) is 65.3 Å².